The van der Waals surface area contributed by atoms with Crippen LogP contribution in [-0.2, 0) is 0 Å². The molecular weight excluding hydrogens is 697 g/mol. The van der Waals surface area contributed by atoms with Gasteiger partial charge in [0, 0.05) is 0 Å². The van der Waals surface area contributed by atoms with Gasteiger partial charge in [-0.15, -0.1) is 0 Å². The number of fused-ring (bicyclic) bond motifs is 9. The fourth-order valence-electron chi connectivity index (χ4n) is 9.52. The maximum Gasteiger partial charge on any atom is -0.00926 e. The van der Waals surface area contributed by atoms with Crippen LogP contribution >= 0.6 is 0 Å². The van der Waals surface area contributed by atoms with Crippen molar-refractivity contribution in [2.75, 3.05) is 0 Å². The molecule has 0 amide bonds. The zero-order chi connectivity index (χ0) is 38.2. The van der Waals surface area contributed by atoms with E-state index < -0.39 is 0 Å². The molecule has 0 atom stereocenters. The summed E-state index contributed by atoms with van der Waals surface area (Å²) in [5.41, 5.74) is 9.89. The second-order valence-electron chi connectivity index (χ2n) is 15.6. The molecule has 0 aromatic heterocycles. The van der Waals surface area contributed by atoms with Gasteiger partial charge in [0.25, 0.3) is 0 Å². The van der Waals surface area contributed by atoms with Gasteiger partial charge in [-0.25, -0.2) is 0 Å². The molecule has 0 bridgehead atoms. The summed E-state index contributed by atoms with van der Waals surface area (Å²) in [7, 11) is 0. The van der Waals surface area contributed by atoms with Crippen molar-refractivity contribution in [3.63, 3.8) is 0 Å². The van der Waals surface area contributed by atoms with Gasteiger partial charge in [-0.05, 0) is 156 Å². The first-order valence-electron chi connectivity index (χ1n) is 20.2. The minimum absolute atomic E-state index is 1.22. The zero-order valence-electron chi connectivity index (χ0n) is 31.8. The lowest BCUT2D eigenvalue weighted by Crippen LogP contribution is -1.91. The summed E-state index contributed by atoms with van der Waals surface area (Å²) in [5, 5.41) is 17.6. The second-order valence-corrected chi connectivity index (χ2v) is 15.6. The first kappa shape index (κ1) is 32.7. The summed E-state index contributed by atoms with van der Waals surface area (Å²) < 4.78 is 0. The maximum atomic E-state index is 2.41. The van der Waals surface area contributed by atoms with Gasteiger partial charge in [-0.3, -0.25) is 0 Å². The molecule has 0 saturated heterocycles. The third-order valence-electron chi connectivity index (χ3n) is 12.4. The SMILES string of the molecule is c1ccc2cc(-c3ccc4c(c3)c(-c3ccc(-c5cc6ccccc6c6ccc(-c7ccc8ccccc8c7)cc56)c5ccccc35)cc3ccccc34)ccc2c1. The van der Waals surface area contributed by atoms with Crippen LogP contribution in [0.2, 0.25) is 0 Å². The van der Waals surface area contributed by atoms with Crippen molar-refractivity contribution in [1.29, 1.82) is 0 Å². The lowest BCUT2D eigenvalue weighted by atomic mass is 9.85. The smallest absolute Gasteiger partial charge is 0.00926 e. The van der Waals surface area contributed by atoms with E-state index in [4.69, 9.17) is 0 Å². The molecule has 0 saturated carbocycles. The van der Waals surface area contributed by atoms with Crippen LogP contribution in [0, 0.1) is 0 Å². The number of rotatable bonds is 4. The Balaban J connectivity index is 1.09. The van der Waals surface area contributed by atoms with E-state index in [9.17, 15) is 0 Å². The Kier molecular flexibility index (Phi) is 7.33. The second kappa shape index (κ2) is 13.0. The van der Waals surface area contributed by atoms with Gasteiger partial charge < -0.3 is 0 Å². The van der Waals surface area contributed by atoms with Crippen molar-refractivity contribution >= 4 is 75.4 Å². The van der Waals surface area contributed by atoms with E-state index in [0.29, 0.717) is 0 Å². The molecule has 0 aliphatic carbocycles. The first-order chi connectivity index (χ1) is 28.7. The Morgan fingerprint density at radius 2 is 0.500 bits per heavy atom. The van der Waals surface area contributed by atoms with Gasteiger partial charge in [0.2, 0.25) is 0 Å². The average Bonchev–Trinajstić information content (AvgIpc) is 3.30. The fourth-order valence-corrected chi connectivity index (χ4v) is 9.52. The Hall–Kier alpha value is -7.54. The highest BCUT2D eigenvalue weighted by atomic mass is 14.2. The van der Waals surface area contributed by atoms with E-state index in [1.54, 1.807) is 0 Å². The Morgan fingerprint density at radius 3 is 0.948 bits per heavy atom. The molecule has 0 fully saturated rings. The Morgan fingerprint density at radius 1 is 0.155 bits per heavy atom. The number of hydrogen-bond acceptors (Lipinski definition) is 0. The van der Waals surface area contributed by atoms with Crippen molar-refractivity contribution in [1.82, 2.24) is 0 Å². The molecular formula is C58H36. The standard InChI is InChI=1S/C58H36/c1-3-13-39-31-41(23-21-37(39)11-1)43-25-27-51-47-17-7-5-15-45(47)35-57(55(51)33-43)53-29-30-54(50-20-10-9-19-49(50)53)58-36-46-16-6-8-18-48(46)52-28-26-44(34-56(52)58)42-24-22-38-12-2-4-14-40(38)32-42/h1-36H. The van der Waals surface area contributed by atoms with Crippen LogP contribution in [0.25, 0.3) is 120 Å². The maximum absolute atomic E-state index is 2.41. The zero-order valence-corrected chi connectivity index (χ0v) is 31.8. The molecule has 0 spiro atoms. The fraction of sp³-hybridized carbons (Fsp3) is 0. The van der Waals surface area contributed by atoms with Crippen molar-refractivity contribution in [2.45, 2.75) is 0 Å². The minimum atomic E-state index is 1.22. The van der Waals surface area contributed by atoms with Crippen LogP contribution in [0.15, 0.2) is 218 Å². The summed E-state index contributed by atoms with van der Waals surface area (Å²) in [6.45, 7) is 0. The third kappa shape index (κ3) is 5.23. The van der Waals surface area contributed by atoms with Gasteiger partial charge in [0.15, 0.2) is 0 Å². The Bertz CT molecular complexity index is 3380. The lowest BCUT2D eigenvalue weighted by molar-refractivity contribution is 1.65. The third-order valence-corrected chi connectivity index (χ3v) is 12.4. The molecule has 0 heterocycles. The predicted octanol–water partition coefficient (Wildman–Crippen LogP) is 16.4. The molecule has 0 unspecified atom stereocenters. The molecule has 0 N–H and O–H groups in total. The van der Waals surface area contributed by atoms with Gasteiger partial charge in [0.1, 0.15) is 0 Å². The van der Waals surface area contributed by atoms with Gasteiger partial charge in [0.05, 0.1) is 0 Å². The first-order valence-corrected chi connectivity index (χ1v) is 20.2. The number of hydrogen-bond donors (Lipinski definition) is 0. The normalized spacial score (nSPS) is 11.8. The monoisotopic (exact) mass is 732 g/mol. The molecule has 12 rings (SSSR count). The molecule has 12 aromatic carbocycles. The van der Waals surface area contributed by atoms with E-state index in [0.717, 1.165) is 0 Å². The van der Waals surface area contributed by atoms with Crippen molar-refractivity contribution in [2.24, 2.45) is 0 Å². The summed E-state index contributed by atoms with van der Waals surface area (Å²) in [6.07, 6.45) is 0. The molecule has 0 aliphatic heterocycles. The summed E-state index contributed by atoms with van der Waals surface area (Å²) in [6, 6.07) is 81.1. The molecule has 0 aliphatic rings. The van der Waals surface area contributed by atoms with Crippen LogP contribution in [0.5, 0.6) is 0 Å². The van der Waals surface area contributed by atoms with E-state index in [2.05, 4.69) is 218 Å². The van der Waals surface area contributed by atoms with Gasteiger partial charge in [-0.1, -0.05) is 182 Å². The van der Waals surface area contributed by atoms with E-state index in [-0.39, 0.29) is 0 Å². The summed E-state index contributed by atoms with van der Waals surface area (Å²) in [4.78, 5) is 0. The van der Waals surface area contributed by atoms with Crippen LogP contribution < -0.4 is 0 Å². The van der Waals surface area contributed by atoms with Crippen LogP contribution in [0.4, 0.5) is 0 Å². The predicted molar refractivity (Wildman–Crippen MR) is 251 cm³/mol. The topological polar surface area (TPSA) is 0 Å². The Labute approximate surface area is 336 Å². The molecule has 0 nitrogen and oxygen atoms in total. The molecule has 58 heavy (non-hydrogen) atoms. The van der Waals surface area contributed by atoms with Crippen LogP contribution in [0.3, 0.4) is 0 Å². The van der Waals surface area contributed by atoms with Crippen molar-refractivity contribution in [3.05, 3.63) is 218 Å². The minimum Gasteiger partial charge on any atom is -0.0616 e. The van der Waals surface area contributed by atoms with Gasteiger partial charge in [-0.2, -0.15) is 0 Å². The highest BCUT2D eigenvalue weighted by molar-refractivity contribution is 6.21. The highest BCUT2D eigenvalue weighted by Crippen LogP contribution is 2.45. The van der Waals surface area contributed by atoms with E-state index in [1.165, 1.54) is 120 Å². The quantitative estimate of drug-likeness (QED) is 0.158. The lowest BCUT2D eigenvalue weighted by Gasteiger charge is -2.18. The van der Waals surface area contributed by atoms with Crippen molar-refractivity contribution in [3.8, 4) is 44.5 Å². The largest absolute Gasteiger partial charge is 0.0616 e. The molecule has 12 aromatic rings. The molecule has 0 radical (unpaired) electrons. The summed E-state index contributed by atoms with van der Waals surface area (Å²) in [5.74, 6) is 0. The van der Waals surface area contributed by atoms with Crippen LogP contribution in [0.1, 0.15) is 0 Å². The van der Waals surface area contributed by atoms with E-state index in [1.807, 2.05) is 0 Å². The molecule has 268 valence electrons. The average molecular weight is 733 g/mol. The van der Waals surface area contributed by atoms with Crippen molar-refractivity contribution < 1.29 is 0 Å². The van der Waals surface area contributed by atoms with Gasteiger partial charge >= 0.3 is 0 Å². The highest BCUT2D eigenvalue weighted by Gasteiger charge is 2.17. The van der Waals surface area contributed by atoms with E-state index >= 15 is 0 Å². The van der Waals surface area contributed by atoms with Crippen LogP contribution in [-0.4, -0.2) is 0 Å². The summed E-state index contributed by atoms with van der Waals surface area (Å²) >= 11 is 0. The number of benzene rings is 12. The molecule has 0 heteroatoms.